The van der Waals surface area contributed by atoms with Crippen LogP contribution in [-0.2, 0) is 0 Å². The molecule has 4 nitrogen and oxygen atoms in total. The van der Waals surface area contributed by atoms with Gasteiger partial charge in [0.1, 0.15) is 5.75 Å². The van der Waals surface area contributed by atoms with E-state index in [4.69, 9.17) is 4.74 Å². The lowest BCUT2D eigenvalue weighted by Crippen LogP contribution is -2.11. The summed E-state index contributed by atoms with van der Waals surface area (Å²) in [6.07, 6.45) is 0. The van der Waals surface area contributed by atoms with E-state index in [-0.39, 0.29) is 5.69 Å². The first-order valence-corrected chi connectivity index (χ1v) is 5.91. The summed E-state index contributed by atoms with van der Waals surface area (Å²) in [6, 6.07) is 15.2. The highest BCUT2D eigenvalue weighted by Crippen LogP contribution is 2.26. The number of hydrogen-bond acceptors (Lipinski definition) is 3. The molecule has 0 spiro atoms. The number of aromatic nitrogens is 2. The summed E-state index contributed by atoms with van der Waals surface area (Å²) in [7, 11) is 1.60. The quantitative estimate of drug-likeness (QED) is 0.762. The molecule has 1 aromatic heterocycles. The van der Waals surface area contributed by atoms with Gasteiger partial charge in [0.15, 0.2) is 0 Å². The van der Waals surface area contributed by atoms with E-state index in [1.807, 2.05) is 42.5 Å². The fourth-order valence-corrected chi connectivity index (χ4v) is 2.08. The summed E-state index contributed by atoms with van der Waals surface area (Å²) >= 11 is 0. The van der Waals surface area contributed by atoms with Crippen LogP contribution in [0.2, 0.25) is 0 Å². The molecule has 0 saturated carbocycles. The fourth-order valence-electron chi connectivity index (χ4n) is 2.08. The minimum atomic E-state index is -0.361. The first-order valence-electron chi connectivity index (χ1n) is 5.91. The lowest BCUT2D eigenvalue weighted by Gasteiger charge is -2.06. The molecule has 0 aliphatic heterocycles. The third-order valence-electron chi connectivity index (χ3n) is 2.98. The third kappa shape index (κ3) is 2.08. The molecule has 0 saturated heterocycles. The molecule has 0 unspecified atom stereocenters. The molecule has 94 valence electrons. The van der Waals surface area contributed by atoms with E-state index >= 15 is 0 Å². The maximum absolute atomic E-state index is 11.7. The Kier molecular flexibility index (Phi) is 2.76. The van der Waals surface area contributed by atoms with Gasteiger partial charge in [0.05, 0.1) is 18.3 Å². The van der Waals surface area contributed by atoms with Gasteiger partial charge >= 0.3 is 5.69 Å². The normalized spacial score (nSPS) is 10.6. The molecule has 19 heavy (non-hydrogen) atoms. The van der Waals surface area contributed by atoms with E-state index in [1.54, 1.807) is 13.2 Å². The first kappa shape index (κ1) is 11.5. The van der Waals surface area contributed by atoms with Crippen LogP contribution in [0.1, 0.15) is 0 Å². The predicted octanol–water partition coefficient (Wildman–Crippen LogP) is 2.60. The number of nitrogens with one attached hydrogen (secondary N) is 1. The average Bonchev–Trinajstić information content (AvgIpc) is 2.46. The van der Waals surface area contributed by atoms with Crippen LogP contribution >= 0.6 is 0 Å². The first-order chi connectivity index (χ1) is 9.28. The lowest BCUT2D eigenvalue weighted by atomic mass is 10.1. The van der Waals surface area contributed by atoms with Gasteiger partial charge in [-0.1, -0.05) is 30.3 Å². The van der Waals surface area contributed by atoms with Crippen molar-refractivity contribution in [1.82, 2.24) is 9.97 Å². The van der Waals surface area contributed by atoms with Crippen LogP contribution < -0.4 is 10.4 Å². The molecule has 1 N–H and O–H groups in total. The SMILES string of the molecule is COc1ccc2c(-c3ccccc3)nc(=O)[nH]c2c1. The van der Waals surface area contributed by atoms with Gasteiger partial charge in [-0.2, -0.15) is 4.98 Å². The molecule has 4 heteroatoms. The maximum Gasteiger partial charge on any atom is 0.345 e. The standard InChI is InChI=1S/C15H12N2O2/c1-19-11-7-8-12-13(9-11)16-15(18)17-14(12)10-5-3-2-4-6-10/h2-9H,1H3,(H,16,17,18). The van der Waals surface area contributed by atoms with Gasteiger partial charge < -0.3 is 9.72 Å². The Hall–Kier alpha value is -2.62. The number of benzene rings is 2. The zero-order chi connectivity index (χ0) is 13.2. The molecule has 0 amide bonds. The van der Waals surface area contributed by atoms with Crippen molar-refractivity contribution >= 4 is 10.9 Å². The van der Waals surface area contributed by atoms with Crippen LogP contribution in [0.4, 0.5) is 0 Å². The topological polar surface area (TPSA) is 55.0 Å². The minimum absolute atomic E-state index is 0.361. The number of methoxy groups -OCH3 is 1. The highest BCUT2D eigenvalue weighted by Gasteiger charge is 2.08. The van der Waals surface area contributed by atoms with Crippen molar-refractivity contribution in [2.45, 2.75) is 0 Å². The average molecular weight is 252 g/mol. The number of H-pyrrole nitrogens is 1. The molecule has 3 aromatic rings. The molecule has 3 rings (SSSR count). The lowest BCUT2D eigenvalue weighted by molar-refractivity contribution is 0.415. The van der Waals surface area contributed by atoms with Crippen LogP contribution in [0, 0.1) is 0 Å². The van der Waals surface area contributed by atoms with E-state index in [2.05, 4.69) is 9.97 Å². The van der Waals surface area contributed by atoms with E-state index in [1.165, 1.54) is 0 Å². The number of rotatable bonds is 2. The second-order valence-electron chi connectivity index (χ2n) is 4.17. The largest absolute Gasteiger partial charge is 0.497 e. The summed E-state index contributed by atoms with van der Waals surface area (Å²) in [4.78, 5) is 18.5. The van der Waals surface area contributed by atoms with E-state index in [9.17, 15) is 4.79 Å². The van der Waals surface area contributed by atoms with Gasteiger partial charge in [-0.15, -0.1) is 0 Å². The predicted molar refractivity (Wildman–Crippen MR) is 74.4 cm³/mol. The summed E-state index contributed by atoms with van der Waals surface area (Å²) in [5.74, 6) is 0.702. The number of nitrogens with zero attached hydrogens (tertiary/aromatic N) is 1. The highest BCUT2D eigenvalue weighted by atomic mass is 16.5. The number of ether oxygens (including phenoxy) is 1. The van der Waals surface area contributed by atoms with Gasteiger partial charge in [-0.05, 0) is 12.1 Å². The monoisotopic (exact) mass is 252 g/mol. The van der Waals surface area contributed by atoms with Crippen molar-refractivity contribution < 1.29 is 4.74 Å². The van der Waals surface area contributed by atoms with Crippen LogP contribution in [0.5, 0.6) is 5.75 Å². The fraction of sp³-hybridized carbons (Fsp3) is 0.0667. The Morgan fingerprint density at radius 3 is 2.63 bits per heavy atom. The van der Waals surface area contributed by atoms with Gasteiger partial charge in [-0.25, -0.2) is 4.79 Å². The molecule has 0 radical (unpaired) electrons. The Morgan fingerprint density at radius 2 is 1.89 bits per heavy atom. The van der Waals surface area contributed by atoms with Crippen molar-refractivity contribution in [2.75, 3.05) is 7.11 Å². The molecular formula is C15H12N2O2. The molecule has 0 aliphatic rings. The van der Waals surface area contributed by atoms with Gasteiger partial charge in [0.2, 0.25) is 0 Å². The van der Waals surface area contributed by atoms with Crippen LogP contribution in [-0.4, -0.2) is 17.1 Å². The van der Waals surface area contributed by atoms with Crippen molar-refractivity contribution in [2.24, 2.45) is 0 Å². The molecular weight excluding hydrogens is 240 g/mol. The molecule has 0 fully saturated rings. The van der Waals surface area contributed by atoms with E-state index in [0.717, 1.165) is 16.5 Å². The molecule has 1 heterocycles. The van der Waals surface area contributed by atoms with Crippen LogP contribution in [0.3, 0.4) is 0 Å². The van der Waals surface area contributed by atoms with Gasteiger partial charge in [0, 0.05) is 17.0 Å². The van der Waals surface area contributed by atoms with Crippen molar-refractivity contribution in [3.63, 3.8) is 0 Å². The summed E-state index contributed by atoms with van der Waals surface area (Å²) < 4.78 is 5.17. The smallest absolute Gasteiger partial charge is 0.345 e. The van der Waals surface area contributed by atoms with Gasteiger partial charge in [-0.3, -0.25) is 0 Å². The van der Waals surface area contributed by atoms with Crippen molar-refractivity contribution in [3.8, 4) is 17.0 Å². The van der Waals surface area contributed by atoms with Gasteiger partial charge in [0.25, 0.3) is 0 Å². The number of hydrogen-bond donors (Lipinski definition) is 1. The van der Waals surface area contributed by atoms with Crippen molar-refractivity contribution in [1.29, 1.82) is 0 Å². The van der Waals surface area contributed by atoms with Crippen LogP contribution in [0.15, 0.2) is 53.3 Å². The Bertz CT molecular complexity index is 779. The summed E-state index contributed by atoms with van der Waals surface area (Å²) in [5, 5.41) is 0.895. The summed E-state index contributed by atoms with van der Waals surface area (Å²) in [6.45, 7) is 0. The zero-order valence-electron chi connectivity index (χ0n) is 10.4. The third-order valence-corrected chi connectivity index (χ3v) is 2.98. The molecule has 0 bridgehead atoms. The minimum Gasteiger partial charge on any atom is -0.497 e. The second kappa shape index (κ2) is 4.57. The second-order valence-corrected chi connectivity index (χ2v) is 4.17. The molecule has 2 aromatic carbocycles. The highest BCUT2D eigenvalue weighted by molar-refractivity contribution is 5.92. The molecule has 0 atom stereocenters. The van der Waals surface area contributed by atoms with Crippen LogP contribution in [0.25, 0.3) is 22.2 Å². The number of fused-ring (bicyclic) bond motifs is 1. The van der Waals surface area contributed by atoms with E-state index in [0.29, 0.717) is 11.4 Å². The maximum atomic E-state index is 11.7. The Labute approximate surface area is 109 Å². The Morgan fingerprint density at radius 1 is 1.11 bits per heavy atom. The molecule has 0 aliphatic carbocycles. The number of aromatic amines is 1. The Balaban J connectivity index is 2.33. The zero-order valence-corrected chi connectivity index (χ0v) is 10.4. The van der Waals surface area contributed by atoms with E-state index < -0.39 is 0 Å². The van der Waals surface area contributed by atoms with Crippen molar-refractivity contribution in [3.05, 3.63) is 59.0 Å². The summed E-state index contributed by atoms with van der Waals surface area (Å²) in [5.41, 5.74) is 1.96.